The molecule has 0 aromatic carbocycles. The monoisotopic (exact) mass is 218 g/mol. The van der Waals surface area contributed by atoms with Gasteiger partial charge in [0.25, 0.3) is 6.43 Å². The number of hydrogen-bond acceptors (Lipinski definition) is 5. The standard InChI is InChI=1S/C7H8F2N4O2/c8-7(9)4-1-3(11)6(13(14)15)5(2-10)12-4/h1,7H,2,10H2,(H2,11,12). The Bertz CT molecular complexity index is 397. The third-order valence-corrected chi connectivity index (χ3v) is 1.71. The number of nitro groups is 1. The molecule has 0 unspecified atom stereocenters. The van der Waals surface area contributed by atoms with E-state index in [9.17, 15) is 18.9 Å². The average molecular weight is 218 g/mol. The molecule has 0 saturated carbocycles. The number of rotatable bonds is 3. The molecule has 0 atom stereocenters. The second-order valence-corrected chi connectivity index (χ2v) is 2.69. The Kier molecular flexibility index (Phi) is 3.10. The summed E-state index contributed by atoms with van der Waals surface area (Å²) in [6, 6.07) is 0.780. The van der Waals surface area contributed by atoms with Crippen molar-refractivity contribution in [2.24, 2.45) is 5.73 Å². The maximum absolute atomic E-state index is 12.3. The molecule has 15 heavy (non-hydrogen) atoms. The molecule has 6 nitrogen and oxygen atoms in total. The SMILES string of the molecule is NCc1nc(C(F)F)cc(N)c1[N+](=O)[O-]. The van der Waals surface area contributed by atoms with E-state index >= 15 is 0 Å². The molecule has 1 aromatic heterocycles. The minimum Gasteiger partial charge on any atom is -0.393 e. The van der Waals surface area contributed by atoms with Gasteiger partial charge in [-0.1, -0.05) is 0 Å². The van der Waals surface area contributed by atoms with Crippen LogP contribution in [0.15, 0.2) is 6.07 Å². The van der Waals surface area contributed by atoms with Crippen molar-refractivity contribution in [3.8, 4) is 0 Å². The molecule has 1 rings (SSSR count). The molecule has 4 N–H and O–H groups in total. The van der Waals surface area contributed by atoms with Crippen molar-refractivity contribution in [3.63, 3.8) is 0 Å². The van der Waals surface area contributed by atoms with Gasteiger partial charge in [-0.25, -0.2) is 13.8 Å². The predicted octanol–water partition coefficient (Wildman–Crippen LogP) is 0.968. The maximum Gasteiger partial charge on any atom is 0.314 e. The highest BCUT2D eigenvalue weighted by Crippen LogP contribution is 2.28. The van der Waals surface area contributed by atoms with Crippen LogP contribution in [0.5, 0.6) is 0 Å². The van der Waals surface area contributed by atoms with Gasteiger partial charge in [-0.05, 0) is 6.07 Å². The molecule has 0 amide bonds. The zero-order valence-electron chi connectivity index (χ0n) is 7.48. The van der Waals surface area contributed by atoms with Gasteiger partial charge >= 0.3 is 5.69 Å². The van der Waals surface area contributed by atoms with E-state index < -0.39 is 22.7 Å². The topological polar surface area (TPSA) is 108 Å². The lowest BCUT2D eigenvalue weighted by Gasteiger charge is -2.05. The molecule has 82 valence electrons. The van der Waals surface area contributed by atoms with Crippen LogP contribution >= 0.6 is 0 Å². The van der Waals surface area contributed by atoms with E-state index in [1.807, 2.05) is 0 Å². The fourth-order valence-corrected chi connectivity index (χ4v) is 1.10. The second kappa shape index (κ2) is 4.13. The van der Waals surface area contributed by atoms with Crippen LogP contribution in [-0.4, -0.2) is 9.91 Å². The number of hydrogen-bond donors (Lipinski definition) is 2. The average Bonchev–Trinajstić information content (AvgIpc) is 2.15. The zero-order valence-corrected chi connectivity index (χ0v) is 7.48. The minimum absolute atomic E-state index is 0.240. The van der Waals surface area contributed by atoms with Crippen molar-refractivity contribution in [3.05, 3.63) is 27.6 Å². The molecule has 8 heteroatoms. The van der Waals surface area contributed by atoms with Gasteiger partial charge in [-0.15, -0.1) is 0 Å². The van der Waals surface area contributed by atoms with Gasteiger partial charge in [-0.3, -0.25) is 10.1 Å². The summed E-state index contributed by atoms with van der Waals surface area (Å²) in [4.78, 5) is 13.1. The van der Waals surface area contributed by atoms with Gasteiger partial charge in [0.15, 0.2) is 0 Å². The summed E-state index contributed by atoms with van der Waals surface area (Å²) >= 11 is 0. The summed E-state index contributed by atoms with van der Waals surface area (Å²) < 4.78 is 24.5. The minimum atomic E-state index is -2.83. The fraction of sp³-hybridized carbons (Fsp3) is 0.286. The van der Waals surface area contributed by atoms with Crippen molar-refractivity contribution >= 4 is 11.4 Å². The molecular weight excluding hydrogens is 210 g/mol. The summed E-state index contributed by atoms with van der Waals surface area (Å²) in [5, 5.41) is 10.5. The number of aromatic nitrogens is 1. The molecule has 0 bridgehead atoms. The molecule has 0 spiro atoms. The van der Waals surface area contributed by atoms with Gasteiger partial charge < -0.3 is 11.5 Å². The van der Waals surface area contributed by atoms with E-state index in [2.05, 4.69) is 4.98 Å². The lowest BCUT2D eigenvalue weighted by atomic mass is 10.2. The van der Waals surface area contributed by atoms with E-state index in [4.69, 9.17) is 11.5 Å². The van der Waals surface area contributed by atoms with Gasteiger partial charge in [0.2, 0.25) is 0 Å². The first-order valence-electron chi connectivity index (χ1n) is 3.89. The Morgan fingerprint density at radius 3 is 2.60 bits per heavy atom. The summed E-state index contributed by atoms with van der Waals surface area (Å²) in [5.41, 5.74) is 8.70. The maximum atomic E-state index is 12.3. The summed E-state index contributed by atoms with van der Waals surface area (Å²) in [6.45, 7) is -0.318. The van der Waals surface area contributed by atoms with Crippen LogP contribution in [0.2, 0.25) is 0 Å². The van der Waals surface area contributed by atoms with Crippen molar-refractivity contribution in [1.82, 2.24) is 4.98 Å². The van der Waals surface area contributed by atoms with Crippen LogP contribution in [-0.2, 0) is 6.54 Å². The fourth-order valence-electron chi connectivity index (χ4n) is 1.10. The van der Waals surface area contributed by atoms with Crippen molar-refractivity contribution in [2.45, 2.75) is 13.0 Å². The quantitative estimate of drug-likeness (QED) is 0.580. The smallest absolute Gasteiger partial charge is 0.314 e. The predicted molar refractivity (Wildman–Crippen MR) is 48.2 cm³/mol. The normalized spacial score (nSPS) is 10.7. The first-order valence-corrected chi connectivity index (χ1v) is 3.89. The number of nitrogens with zero attached hydrogens (tertiary/aromatic N) is 2. The summed E-state index contributed by atoms with van der Waals surface area (Å²) in [6.07, 6.45) is -2.83. The van der Waals surface area contributed by atoms with Crippen LogP contribution in [0.3, 0.4) is 0 Å². The summed E-state index contributed by atoms with van der Waals surface area (Å²) in [5.74, 6) is 0. The highest BCUT2D eigenvalue weighted by molar-refractivity contribution is 5.61. The van der Waals surface area contributed by atoms with Crippen molar-refractivity contribution < 1.29 is 13.7 Å². The molecule has 1 aromatic rings. The first-order chi connectivity index (χ1) is 6.97. The van der Waals surface area contributed by atoms with E-state index in [0.29, 0.717) is 0 Å². The Morgan fingerprint density at radius 1 is 1.60 bits per heavy atom. The lowest BCUT2D eigenvalue weighted by Crippen LogP contribution is -2.09. The van der Waals surface area contributed by atoms with Gasteiger partial charge in [0.05, 0.1) is 4.92 Å². The summed E-state index contributed by atoms with van der Waals surface area (Å²) in [7, 11) is 0. The van der Waals surface area contributed by atoms with Crippen LogP contribution in [0.1, 0.15) is 17.8 Å². The molecule has 0 aliphatic carbocycles. The number of nitrogens with two attached hydrogens (primary N) is 2. The molecule has 0 saturated heterocycles. The number of nitrogen functional groups attached to an aromatic ring is 1. The van der Waals surface area contributed by atoms with E-state index in [1.54, 1.807) is 0 Å². The van der Waals surface area contributed by atoms with E-state index in [1.165, 1.54) is 0 Å². The zero-order chi connectivity index (χ0) is 11.6. The molecule has 0 fully saturated rings. The van der Waals surface area contributed by atoms with E-state index in [0.717, 1.165) is 6.07 Å². The third-order valence-electron chi connectivity index (χ3n) is 1.71. The second-order valence-electron chi connectivity index (χ2n) is 2.69. The lowest BCUT2D eigenvalue weighted by molar-refractivity contribution is -0.385. The Morgan fingerprint density at radius 2 is 2.20 bits per heavy atom. The van der Waals surface area contributed by atoms with Crippen LogP contribution in [0, 0.1) is 10.1 Å². The number of alkyl halides is 2. The molecule has 0 aliphatic rings. The van der Waals surface area contributed by atoms with Crippen molar-refractivity contribution in [2.75, 3.05) is 5.73 Å². The largest absolute Gasteiger partial charge is 0.393 e. The first kappa shape index (κ1) is 11.2. The van der Waals surface area contributed by atoms with Gasteiger partial charge in [-0.2, -0.15) is 0 Å². The number of pyridine rings is 1. The number of anilines is 1. The molecular formula is C7H8F2N4O2. The third kappa shape index (κ3) is 2.15. The Labute approximate surface area is 83.0 Å². The Hall–Kier alpha value is -1.83. The van der Waals surface area contributed by atoms with Crippen LogP contribution in [0.25, 0.3) is 0 Å². The highest BCUT2D eigenvalue weighted by atomic mass is 19.3. The Balaban J connectivity index is 3.37. The van der Waals surface area contributed by atoms with Crippen LogP contribution < -0.4 is 11.5 Å². The van der Waals surface area contributed by atoms with Crippen LogP contribution in [0.4, 0.5) is 20.2 Å². The van der Waals surface area contributed by atoms with Gasteiger partial charge in [0.1, 0.15) is 17.1 Å². The molecule has 0 aliphatic heterocycles. The molecule has 0 radical (unpaired) electrons. The molecule has 1 heterocycles. The van der Waals surface area contributed by atoms with E-state index in [-0.39, 0.29) is 17.9 Å². The van der Waals surface area contributed by atoms with Gasteiger partial charge in [0, 0.05) is 6.54 Å². The number of halogens is 2. The van der Waals surface area contributed by atoms with Crippen molar-refractivity contribution in [1.29, 1.82) is 0 Å². The highest BCUT2D eigenvalue weighted by Gasteiger charge is 2.22.